The van der Waals surface area contributed by atoms with Crippen LogP contribution >= 0.6 is 11.6 Å². The van der Waals surface area contributed by atoms with Crippen LogP contribution in [0.1, 0.15) is 165 Å². The lowest BCUT2D eigenvalue weighted by molar-refractivity contribution is 0.0858. The van der Waals surface area contributed by atoms with E-state index in [1.807, 2.05) is 32.9 Å². The predicted octanol–water partition coefficient (Wildman–Crippen LogP) is 12.2. The lowest BCUT2D eigenvalue weighted by Crippen LogP contribution is -2.20. The summed E-state index contributed by atoms with van der Waals surface area (Å²) >= 11 is 6.44. The van der Waals surface area contributed by atoms with Crippen molar-refractivity contribution in [2.45, 2.75) is 150 Å². The lowest BCUT2D eigenvalue weighted by atomic mass is 9.86. The average Bonchev–Trinajstić information content (AvgIpc) is 2.94. The van der Waals surface area contributed by atoms with Crippen LogP contribution in [0.25, 0.3) is 0 Å². The lowest BCUT2D eigenvalue weighted by Gasteiger charge is -2.18. The van der Waals surface area contributed by atoms with Gasteiger partial charge in [-0.3, -0.25) is 4.79 Å². The van der Waals surface area contributed by atoms with Gasteiger partial charge in [-0.25, -0.2) is 0 Å². The number of carbonyl (C=O) groups is 1. The Balaban J connectivity index is 1.69. The van der Waals surface area contributed by atoms with E-state index in [9.17, 15) is 9.90 Å². The Bertz CT molecular complexity index is 1020. The number of hydrogen-bond donors (Lipinski definition) is 1. The van der Waals surface area contributed by atoms with Crippen molar-refractivity contribution >= 4 is 17.4 Å². The highest BCUT2D eigenvalue weighted by Gasteiger charge is 2.25. The maximum Gasteiger partial charge on any atom is 0.169 e. The van der Waals surface area contributed by atoms with Gasteiger partial charge in [-0.1, -0.05) is 149 Å². The number of halogens is 1. The molecule has 0 spiro atoms. The van der Waals surface area contributed by atoms with Gasteiger partial charge in [-0.15, -0.1) is 0 Å². The van der Waals surface area contributed by atoms with E-state index in [4.69, 9.17) is 16.3 Å². The number of ketones is 1. The van der Waals surface area contributed by atoms with E-state index >= 15 is 0 Å². The van der Waals surface area contributed by atoms with Crippen molar-refractivity contribution in [3.05, 3.63) is 58.1 Å². The van der Waals surface area contributed by atoms with Crippen LogP contribution in [0.2, 0.25) is 5.02 Å². The summed E-state index contributed by atoms with van der Waals surface area (Å²) in [4.78, 5) is 12.6. The molecule has 0 aliphatic heterocycles. The Morgan fingerprint density at radius 3 is 1.80 bits per heavy atom. The monoisotopic (exact) mass is 584 g/mol. The number of hydrogen-bond acceptors (Lipinski definition) is 3. The molecule has 2 rings (SSSR count). The number of carbonyl (C=O) groups excluding carboxylic acids is 1. The molecule has 0 aliphatic carbocycles. The fourth-order valence-electron chi connectivity index (χ4n) is 5.33. The second kappa shape index (κ2) is 19.4. The van der Waals surface area contributed by atoms with E-state index in [0.717, 1.165) is 36.1 Å². The first-order valence-corrected chi connectivity index (χ1v) is 16.9. The number of aliphatic hydroxyl groups excluding tert-OH is 1. The average molecular weight is 585 g/mol. The number of aliphatic hydroxyl groups is 1. The van der Waals surface area contributed by atoms with E-state index in [0.29, 0.717) is 16.3 Å². The molecule has 0 aromatic heterocycles. The summed E-state index contributed by atoms with van der Waals surface area (Å²) in [5.74, 6) is 1.36. The minimum Gasteiger partial charge on any atom is -0.457 e. The maximum absolute atomic E-state index is 12.6. The van der Waals surface area contributed by atoms with Crippen molar-refractivity contribution in [3.63, 3.8) is 0 Å². The van der Waals surface area contributed by atoms with Gasteiger partial charge in [0.05, 0.1) is 11.1 Å². The minimum absolute atomic E-state index is 0.00993. The molecule has 2 aromatic rings. The molecular formula is C37H57ClO3. The van der Waals surface area contributed by atoms with Crippen LogP contribution in [0.4, 0.5) is 0 Å². The van der Waals surface area contributed by atoms with Crippen LogP contribution < -0.4 is 4.74 Å². The van der Waals surface area contributed by atoms with Gasteiger partial charge in [-0.05, 0) is 48.2 Å². The highest BCUT2D eigenvalue weighted by atomic mass is 35.5. The zero-order valence-electron chi connectivity index (χ0n) is 26.7. The predicted molar refractivity (Wildman–Crippen MR) is 176 cm³/mol. The number of aryl methyl sites for hydroxylation is 1. The SMILES string of the molecule is CCCCCCCCCCCCCCCCCC(O)c1ccc(Oc2ccc(C(=O)C(C)(C)C)c(Cl)c2)c(CC)c1. The van der Waals surface area contributed by atoms with Gasteiger partial charge in [0.2, 0.25) is 0 Å². The van der Waals surface area contributed by atoms with Gasteiger partial charge >= 0.3 is 0 Å². The first-order valence-electron chi connectivity index (χ1n) is 16.5. The molecule has 0 fully saturated rings. The third-order valence-corrected chi connectivity index (χ3v) is 8.34. The van der Waals surface area contributed by atoms with Crippen molar-refractivity contribution in [2.24, 2.45) is 5.41 Å². The smallest absolute Gasteiger partial charge is 0.169 e. The Morgan fingerprint density at radius 2 is 1.32 bits per heavy atom. The highest BCUT2D eigenvalue weighted by molar-refractivity contribution is 6.34. The van der Waals surface area contributed by atoms with Crippen LogP contribution in [0, 0.1) is 5.41 Å². The summed E-state index contributed by atoms with van der Waals surface area (Å²) in [5, 5.41) is 11.2. The molecule has 230 valence electrons. The molecule has 1 unspecified atom stereocenters. The summed E-state index contributed by atoms with van der Waals surface area (Å²) in [6, 6.07) is 11.2. The summed E-state index contributed by atoms with van der Waals surface area (Å²) < 4.78 is 6.15. The van der Waals surface area contributed by atoms with Crippen molar-refractivity contribution < 1.29 is 14.6 Å². The molecular weight excluding hydrogens is 528 g/mol. The van der Waals surface area contributed by atoms with Gasteiger partial charge in [-0.2, -0.15) is 0 Å². The molecule has 2 aromatic carbocycles. The Hall–Kier alpha value is -1.84. The molecule has 0 aliphatic rings. The van der Waals surface area contributed by atoms with Crippen LogP contribution in [-0.2, 0) is 6.42 Å². The molecule has 0 bridgehead atoms. The second-order valence-corrected chi connectivity index (χ2v) is 13.2. The van der Waals surface area contributed by atoms with E-state index in [2.05, 4.69) is 19.9 Å². The topological polar surface area (TPSA) is 46.5 Å². The molecule has 0 saturated carbocycles. The van der Waals surface area contributed by atoms with Crippen LogP contribution in [-0.4, -0.2) is 10.9 Å². The van der Waals surface area contributed by atoms with Gasteiger partial charge < -0.3 is 9.84 Å². The summed E-state index contributed by atoms with van der Waals surface area (Å²) in [7, 11) is 0. The fraction of sp³-hybridized carbons (Fsp3) is 0.649. The number of rotatable bonds is 21. The Labute approximate surface area is 256 Å². The first-order chi connectivity index (χ1) is 19.7. The normalized spacial score (nSPS) is 12.5. The van der Waals surface area contributed by atoms with E-state index in [1.165, 1.54) is 89.9 Å². The van der Waals surface area contributed by atoms with E-state index < -0.39 is 11.5 Å². The number of ether oxygens (including phenoxy) is 1. The van der Waals surface area contributed by atoms with Crippen molar-refractivity contribution in [3.8, 4) is 11.5 Å². The molecule has 0 amide bonds. The van der Waals surface area contributed by atoms with Gasteiger partial charge in [0, 0.05) is 17.0 Å². The first kappa shape index (κ1) is 35.4. The number of unbranched alkanes of at least 4 members (excludes halogenated alkanes) is 14. The van der Waals surface area contributed by atoms with E-state index in [1.54, 1.807) is 18.2 Å². The minimum atomic E-state index is -0.496. The molecule has 0 radical (unpaired) electrons. The molecule has 0 saturated heterocycles. The van der Waals surface area contributed by atoms with Crippen molar-refractivity contribution in [2.75, 3.05) is 0 Å². The Morgan fingerprint density at radius 1 is 0.780 bits per heavy atom. The van der Waals surface area contributed by atoms with E-state index in [-0.39, 0.29) is 5.78 Å². The standard InChI is InChI=1S/C37H57ClO3/c1-6-8-9-10-11-12-13-14-15-16-17-18-19-20-21-22-34(39)30-23-26-35(29(7-2)27-30)41-31-24-25-32(33(38)28-31)36(40)37(3,4)5/h23-28,34,39H,6-22H2,1-5H3. The molecule has 3 nitrogen and oxygen atoms in total. The fourth-order valence-corrected chi connectivity index (χ4v) is 5.59. The van der Waals surface area contributed by atoms with Crippen molar-refractivity contribution in [1.29, 1.82) is 0 Å². The highest BCUT2D eigenvalue weighted by Crippen LogP contribution is 2.34. The third kappa shape index (κ3) is 13.3. The Kier molecular flexibility index (Phi) is 16.7. The van der Waals surface area contributed by atoms with Gasteiger partial charge in [0.15, 0.2) is 5.78 Å². The third-order valence-electron chi connectivity index (χ3n) is 8.03. The summed E-state index contributed by atoms with van der Waals surface area (Å²) in [6.45, 7) is 10.0. The largest absolute Gasteiger partial charge is 0.457 e. The zero-order valence-corrected chi connectivity index (χ0v) is 27.5. The van der Waals surface area contributed by atoms with Crippen molar-refractivity contribution in [1.82, 2.24) is 0 Å². The zero-order chi connectivity index (χ0) is 30.1. The van der Waals surface area contributed by atoms with Crippen LogP contribution in [0.15, 0.2) is 36.4 Å². The molecule has 1 N–H and O–H groups in total. The summed E-state index contributed by atoms with van der Waals surface area (Å²) in [6.07, 6.45) is 21.3. The van der Waals surface area contributed by atoms with Gasteiger partial charge in [0.1, 0.15) is 11.5 Å². The maximum atomic E-state index is 12.6. The molecule has 41 heavy (non-hydrogen) atoms. The van der Waals surface area contributed by atoms with Crippen LogP contribution in [0.5, 0.6) is 11.5 Å². The number of benzene rings is 2. The molecule has 4 heteroatoms. The summed E-state index contributed by atoms with van der Waals surface area (Å²) in [5.41, 5.74) is 2.01. The molecule has 0 heterocycles. The second-order valence-electron chi connectivity index (χ2n) is 12.8. The molecule has 1 atom stereocenters. The number of Topliss-reactive ketones (excluding diaryl/α,β-unsaturated/α-hetero) is 1. The van der Waals surface area contributed by atoms with Gasteiger partial charge in [0.25, 0.3) is 0 Å². The quantitative estimate of drug-likeness (QED) is 0.117. The van der Waals surface area contributed by atoms with Crippen LogP contribution in [0.3, 0.4) is 0 Å².